The van der Waals surface area contributed by atoms with Gasteiger partial charge in [-0.2, -0.15) is 0 Å². The van der Waals surface area contributed by atoms with Crippen LogP contribution >= 0.6 is 0 Å². The summed E-state index contributed by atoms with van der Waals surface area (Å²) in [6, 6.07) is 24.4. The maximum Gasteiger partial charge on any atom is 0.140 e. The Morgan fingerprint density at radius 3 is 1.70 bits per heavy atom. The standard InChI is InChI=1S/C21H20N.BrH/c1-22(2,3)21-10-6-9-17-13-18-11-15-7-4-5-8-16(15)12-19(18)14-20(17)21;/h4-14H,1-3H3;1H/q+1;/p-1. The number of halogens is 1. The molecule has 0 N–H and O–H groups in total. The summed E-state index contributed by atoms with van der Waals surface area (Å²) in [5.74, 6) is 0. The Hall–Kier alpha value is -1.90. The first-order valence-electron chi connectivity index (χ1n) is 7.70. The maximum atomic E-state index is 2.34. The third-order valence-corrected chi connectivity index (χ3v) is 4.40. The molecule has 116 valence electrons. The first-order chi connectivity index (χ1) is 10.5. The lowest BCUT2D eigenvalue weighted by Gasteiger charge is -2.25. The number of rotatable bonds is 1. The van der Waals surface area contributed by atoms with E-state index in [2.05, 4.69) is 87.9 Å². The fourth-order valence-electron chi connectivity index (χ4n) is 3.29. The molecule has 0 aliphatic rings. The van der Waals surface area contributed by atoms with Gasteiger partial charge in [0.05, 0.1) is 21.1 Å². The van der Waals surface area contributed by atoms with Crippen LogP contribution < -0.4 is 21.5 Å². The monoisotopic (exact) mass is 365 g/mol. The van der Waals surface area contributed by atoms with Crippen LogP contribution in [0.4, 0.5) is 5.69 Å². The normalized spacial score (nSPS) is 11.8. The van der Waals surface area contributed by atoms with Gasteiger partial charge in [-0.15, -0.1) is 0 Å². The summed E-state index contributed by atoms with van der Waals surface area (Å²) in [5.41, 5.74) is 1.35. The zero-order valence-electron chi connectivity index (χ0n) is 13.7. The van der Waals surface area contributed by atoms with Crippen molar-refractivity contribution in [1.82, 2.24) is 4.48 Å². The minimum Gasteiger partial charge on any atom is -1.00 e. The van der Waals surface area contributed by atoms with Gasteiger partial charge in [0.2, 0.25) is 0 Å². The average molecular weight is 366 g/mol. The molecule has 0 radical (unpaired) electrons. The number of fused-ring (bicyclic) bond motifs is 3. The number of hydrogen-bond donors (Lipinski definition) is 0. The quantitative estimate of drug-likeness (QED) is 0.358. The zero-order chi connectivity index (χ0) is 15.3. The highest BCUT2D eigenvalue weighted by molar-refractivity contribution is 6.07. The largest absolute Gasteiger partial charge is 1.00 e. The Morgan fingerprint density at radius 2 is 1.09 bits per heavy atom. The van der Waals surface area contributed by atoms with Crippen LogP contribution in [-0.2, 0) is 0 Å². The number of hydrogen-bond acceptors (Lipinski definition) is 0. The van der Waals surface area contributed by atoms with Crippen LogP contribution in [0.25, 0.3) is 32.3 Å². The third kappa shape index (κ3) is 2.73. The number of nitrogens with zero attached hydrogens (tertiary/aromatic N) is 1. The molecule has 4 aromatic rings. The minimum absolute atomic E-state index is 0. The van der Waals surface area contributed by atoms with E-state index in [1.54, 1.807) is 0 Å². The number of quaternary nitrogens is 1. The molecule has 0 aromatic heterocycles. The lowest BCUT2D eigenvalue weighted by Crippen LogP contribution is -3.00. The molecule has 0 heterocycles. The van der Waals surface area contributed by atoms with Gasteiger partial charge < -0.3 is 17.0 Å². The first-order valence-corrected chi connectivity index (χ1v) is 7.70. The van der Waals surface area contributed by atoms with E-state index in [9.17, 15) is 0 Å². The van der Waals surface area contributed by atoms with Crippen LogP contribution in [0.2, 0.25) is 0 Å². The highest BCUT2D eigenvalue weighted by Gasteiger charge is 2.16. The summed E-state index contributed by atoms with van der Waals surface area (Å²) in [6.07, 6.45) is 0. The molecule has 4 aromatic carbocycles. The molecule has 0 saturated carbocycles. The van der Waals surface area contributed by atoms with E-state index in [-0.39, 0.29) is 17.0 Å². The molecule has 0 fully saturated rings. The van der Waals surface area contributed by atoms with Crippen molar-refractivity contribution in [1.29, 1.82) is 0 Å². The van der Waals surface area contributed by atoms with E-state index in [0.717, 1.165) is 4.48 Å². The van der Waals surface area contributed by atoms with Crippen LogP contribution in [0.15, 0.2) is 66.7 Å². The molecular weight excluding hydrogens is 346 g/mol. The van der Waals surface area contributed by atoms with E-state index < -0.39 is 0 Å². The van der Waals surface area contributed by atoms with Gasteiger partial charge in [0.15, 0.2) is 0 Å². The Balaban J connectivity index is 0.00000156. The Morgan fingerprint density at radius 1 is 0.565 bits per heavy atom. The fourth-order valence-corrected chi connectivity index (χ4v) is 3.29. The predicted molar refractivity (Wildman–Crippen MR) is 98.5 cm³/mol. The molecule has 1 nitrogen and oxygen atoms in total. The summed E-state index contributed by atoms with van der Waals surface area (Å²) in [6.45, 7) is 0. The summed E-state index contributed by atoms with van der Waals surface area (Å²) in [5, 5.41) is 7.89. The molecule has 0 aliphatic carbocycles. The Bertz CT molecular complexity index is 1010. The van der Waals surface area contributed by atoms with E-state index in [1.807, 2.05) is 0 Å². The first kappa shape index (κ1) is 16.0. The van der Waals surface area contributed by atoms with E-state index in [1.165, 1.54) is 38.0 Å². The lowest BCUT2D eigenvalue weighted by molar-refractivity contribution is -0.00000449. The minimum atomic E-state index is 0. The zero-order valence-corrected chi connectivity index (χ0v) is 15.3. The molecule has 0 amide bonds. The van der Waals surface area contributed by atoms with Gasteiger partial charge in [-0.05, 0) is 57.3 Å². The second-order valence-corrected chi connectivity index (χ2v) is 6.91. The van der Waals surface area contributed by atoms with Crippen LogP contribution in [-0.4, -0.2) is 21.1 Å². The molecule has 0 aliphatic heterocycles. The molecule has 0 atom stereocenters. The van der Waals surface area contributed by atoms with Gasteiger partial charge >= 0.3 is 0 Å². The van der Waals surface area contributed by atoms with E-state index in [0.29, 0.717) is 0 Å². The molecule has 0 bridgehead atoms. The van der Waals surface area contributed by atoms with Crippen molar-refractivity contribution in [2.45, 2.75) is 0 Å². The van der Waals surface area contributed by atoms with Crippen molar-refractivity contribution >= 4 is 38.0 Å². The van der Waals surface area contributed by atoms with Crippen LogP contribution in [0.1, 0.15) is 0 Å². The summed E-state index contributed by atoms with van der Waals surface area (Å²) >= 11 is 0. The van der Waals surface area contributed by atoms with Crippen molar-refractivity contribution in [3.8, 4) is 0 Å². The molecule has 0 unspecified atom stereocenters. The van der Waals surface area contributed by atoms with Gasteiger partial charge in [-0.3, -0.25) is 4.48 Å². The van der Waals surface area contributed by atoms with Gasteiger partial charge in [0.1, 0.15) is 5.69 Å². The van der Waals surface area contributed by atoms with E-state index in [4.69, 9.17) is 0 Å². The Labute approximate surface area is 147 Å². The third-order valence-electron chi connectivity index (χ3n) is 4.40. The van der Waals surface area contributed by atoms with Crippen molar-refractivity contribution in [3.63, 3.8) is 0 Å². The topological polar surface area (TPSA) is 0 Å². The van der Waals surface area contributed by atoms with Crippen molar-refractivity contribution in [2.24, 2.45) is 0 Å². The summed E-state index contributed by atoms with van der Waals surface area (Å²) < 4.78 is 0.830. The summed E-state index contributed by atoms with van der Waals surface area (Å²) in [4.78, 5) is 0. The van der Waals surface area contributed by atoms with Crippen LogP contribution in [0.3, 0.4) is 0 Å². The fraction of sp³-hybridized carbons (Fsp3) is 0.143. The van der Waals surface area contributed by atoms with Gasteiger partial charge in [-0.1, -0.05) is 36.4 Å². The SMILES string of the molecule is C[N+](C)(C)c1cccc2cc3cc4ccccc4cc3cc12.[Br-]. The van der Waals surface area contributed by atoms with Crippen molar-refractivity contribution < 1.29 is 17.0 Å². The van der Waals surface area contributed by atoms with Crippen LogP contribution in [0, 0.1) is 0 Å². The molecule has 2 heteroatoms. The van der Waals surface area contributed by atoms with Gasteiger partial charge in [0, 0.05) is 5.39 Å². The van der Waals surface area contributed by atoms with Crippen LogP contribution in [0.5, 0.6) is 0 Å². The van der Waals surface area contributed by atoms with Crippen molar-refractivity contribution in [3.05, 3.63) is 66.7 Å². The average Bonchev–Trinajstić information content (AvgIpc) is 2.49. The molecule has 23 heavy (non-hydrogen) atoms. The molecule has 4 rings (SSSR count). The van der Waals surface area contributed by atoms with E-state index >= 15 is 0 Å². The predicted octanol–water partition coefficient (Wildman–Crippen LogP) is 2.35. The number of benzene rings is 4. The smallest absolute Gasteiger partial charge is 0.140 e. The highest BCUT2D eigenvalue weighted by atomic mass is 79.9. The molecule has 0 spiro atoms. The van der Waals surface area contributed by atoms with Gasteiger partial charge in [0.25, 0.3) is 0 Å². The lowest BCUT2D eigenvalue weighted by atomic mass is 9.98. The highest BCUT2D eigenvalue weighted by Crippen LogP contribution is 2.33. The second kappa shape index (κ2) is 5.63. The molecule has 0 saturated heterocycles. The van der Waals surface area contributed by atoms with Gasteiger partial charge in [-0.25, -0.2) is 0 Å². The summed E-state index contributed by atoms with van der Waals surface area (Å²) in [7, 11) is 6.66. The van der Waals surface area contributed by atoms with Crippen molar-refractivity contribution in [2.75, 3.05) is 21.1 Å². The Kier molecular flexibility index (Phi) is 3.91. The molecular formula is C21H20BrN. The second-order valence-electron chi connectivity index (χ2n) is 6.91. The maximum absolute atomic E-state index is 2.34.